The van der Waals surface area contributed by atoms with E-state index in [-0.39, 0.29) is 17.9 Å². The van der Waals surface area contributed by atoms with Gasteiger partial charge in [-0.15, -0.1) is 6.58 Å². The Morgan fingerprint density at radius 2 is 1.94 bits per heavy atom. The van der Waals surface area contributed by atoms with Gasteiger partial charge < -0.3 is 9.47 Å². The third-order valence-electron chi connectivity index (χ3n) is 6.11. The monoisotopic (exact) mass is 450 g/mol. The zero-order valence-corrected chi connectivity index (χ0v) is 18.6. The highest BCUT2D eigenvalue weighted by molar-refractivity contribution is 5.83. The summed E-state index contributed by atoms with van der Waals surface area (Å²) in [6, 6.07) is 6.67. The Balaban J connectivity index is 2.32. The molecule has 0 unspecified atom stereocenters. The second kappa shape index (κ2) is 9.86. The highest BCUT2D eigenvalue weighted by Gasteiger charge is 2.64. The Labute approximate surface area is 186 Å². The summed E-state index contributed by atoms with van der Waals surface area (Å²) in [5, 5.41) is 0. The minimum absolute atomic E-state index is 0.152. The molecule has 0 bridgehead atoms. The van der Waals surface area contributed by atoms with Crippen molar-refractivity contribution in [2.75, 3.05) is 7.11 Å². The van der Waals surface area contributed by atoms with Gasteiger partial charge in [-0.2, -0.15) is 13.2 Å². The van der Waals surface area contributed by atoms with Crippen molar-refractivity contribution in [3.05, 3.63) is 72.4 Å². The van der Waals surface area contributed by atoms with Crippen LogP contribution in [0.4, 0.5) is 13.2 Å². The molecular weight excluding hydrogens is 421 g/mol. The van der Waals surface area contributed by atoms with Crippen molar-refractivity contribution in [3.8, 4) is 0 Å². The molecule has 1 aromatic carbocycles. The number of halogens is 3. The Hall–Kier alpha value is -2.67. The molecule has 174 valence electrons. The first kappa shape index (κ1) is 25.6. The molecule has 0 aliphatic heterocycles. The lowest BCUT2D eigenvalue weighted by molar-refractivity contribution is -0.278. The maximum absolute atomic E-state index is 14.1. The maximum Gasteiger partial charge on any atom is 0.432 e. The number of ether oxygens (including phenoxy) is 2. The molecule has 1 aliphatic rings. The first-order valence-electron chi connectivity index (χ1n) is 10.3. The van der Waals surface area contributed by atoms with Crippen LogP contribution >= 0.6 is 0 Å². The molecule has 2 rings (SSSR count). The number of methoxy groups -OCH3 is 1. The lowest BCUT2D eigenvalue weighted by Gasteiger charge is -2.41. The number of carbonyl (C=O) groups excluding carboxylic acids is 2. The van der Waals surface area contributed by atoms with Gasteiger partial charge in [0.25, 0.3) is 5.60 Å². The van der Waals surface area contributed by atoms with Crippen LogP contribution in [0.3, 0.4) is 0 Å². The van der Waals surface area contributed by atoms with Gasteiger partial charge in [-0.25, -0.2) is 4.79 Å². The topological polar surface area (TPSA) is 52.6 Å². The van der Waals surface area contributed by atoms with Gasteiger partial charge in [-0.05, 0) is 30.8 Å². The molecule has 1 aliphatic carbocycles. The average molecular weight is 450 g/mol. The van der Waals surface area contributed by atoms with Gasteiger partial charge in [0.15, 0.2) is 0 Å². The van der Waals surface area contributed by atoms with E-state index in [2.05, 4.69) is 13.2 Å². The smallest absolute Gasteiger partial charge is 0.432 e. The van der Waals surface area contributed by atoms with E-state index in [1.165, 1.54) is 31.2 Å². The summed E-state index contributed by atoms with van der Waals surface area (Å²) in [5.41, 5.74) is -2.91. The normalized spacial score (nSPS) is 23.9. The van der Waals surface area contributed by atoms with Gasteiger partial charge in [0.05, 0.1) is 0 Å². The predicted molar refractivity (Wildman–Crippen MR) is 116 cm³/mol. The lowest BCUT2D eigenvalue weighted by Crippen LogP contribution is -2.52. The third kappa shape index (κ3) is 4.72. The van der Waals surface area contributed by atoms with Crippen LogP contribution in [0.5, 0.6) is 0 Å². The fraction of sp³-hybridized carbons (Fsp3) is 0.440. The number of benzene rings is 1. The molecule has 0 aromatic heterocycles. The van der Waals surface area contributed by atoms with Crippen LogP contribution in [-0.4, -0.2) is 31.6 Å². The molecule has 4 atom stereocenters. The molecule has 0 radical (unpaired) electrons. The van der Waals surface area contributed by atoms with Gasteiger partial charge in [0.1, 0.15) is 12.4 Å². The standard InChI is InChI=1S/C25H29F3O4/c1-6-23(4)14-10-11-19(21(23)17(2)16-29)15-18(3)32-22(30)24(31-5,25(26,27)28)20-12-8-7-9-13-20/h6-9,11-13,16,18,21H,1-2,10,14-15H2,3-5H3/t18-,21+,23-,24+/m1/s1. The summed E-state index contributed by atoms with van der Waals surface area (Å²) in [7, 11) is 0.829. The van der Waals surface area contributed by atoms with Crippen LogP contribution in [0.15, 0.2) is 66.8 Å². The highest BCUT2D eigenvalue weighted by Crippen LogP contribution is 2.47. The van der Waals surface area contributed by atoms with E-state index in [4.69, 9.17) is 9.47 Å². The van der Waals surface area contributed by atoms with Gasteiger partial charge in [0.2, 0.25) is 0 Å². The summed E-state index contributed by atoms with van der Waals surface area (Å²) < 4.78 is 52.3. The van der Waals surface area contributed by atoms with Crippen molar-refractivity contribution in [2.45, 2.75) is 51.0 Å². The summed E-state index contributed by atoms with van der Waals surface area (Å²) in [6.45, 7) is 11.2. The van der Waals surface area contributed by atoms with Crippen LogP contribution in [-0.2, 0) is 24.7 Å². The maximum atomic E-state index is 14.1. The van der Waals surface area contributed by atoms with Gasteiger partial charge in [-0.1, -0.05) is 61.6 Å². The van der Waals surface area contributed by atoms with Crippen molar-refractivity contribution in [3.63, 3.8) is 0 Å². The summed E-state index contributed by atoms with van der Waals surface area (Å²) in [6.07, 6.45) is 0.0418. The lowest BCUT2D eigenvalue weighted by atomic mass is 9.64. The molecule has 32 heavy (non-hydrogen) atoms. The molecule has 0 saturated heterocycles. The van der Waals surface area contributed by atoms with Crippen molar-refractivity contribution < 1.29 is 32.2 Å². The second-order valence-corrected chi connectivity index (χ2v) is 8.32. The molecular formula is C25H29F3O4. The SMILES string of the molecule is C=C[C@]1(C)CCC=C(C[C@@H](C)OC(=O)[C@@](OC)(c2ccccc2)C(F)(F)F)[C@@H]1C(=C)C=O. The molecule has 0 saturated carbocycles. The third-order valence-corrected chi connectivity index (χ3v) is 6.11. The molecule has 0 heterocycles. The fourth-order valence-corrected chi connectivity index (χ4v) is 4.43. The molecule has 0 fully saturated rings. The number of alkyl halides is 3. The molecule has 0 N–H and O–H groups in total. The zero-order valence-electron chi connectivity index (χ0n) is 18.6. The van der Waals surface area contributed by atoms with Crippen LogP contribution in [0.2, 0.25) is 0 Å². The Morgan fingerprint density at radius 3 is 2.44 bits per heavy atom. The minimum Gasteiger partial charge on any atom is -0.460 e. The fourth-order valence-electron chi connectivity index (χ4n) is 4.43. The van der Waals surface area contributed by atoms with Crippen molar-refractivity contribution in [1.82, 2.24) is 0 Å². The van der Waals surface area contributed by atoms with E-state index in [1.54, 1.807) is 12.1 Å². The molecule has 0 spiro atoms. The van der Waals surface area contributed by atoms with E-state index < -0.39 is 29.3 Å². The number of hydrogen-bond donors (Lipinski definition) is 0. The van der Waals surface area contributed by atoms with E-state index in [9.17, 15) is 22.8 Å². The quantitative estimate of drug-likeness (QED) is 0.210. The Morgan fingerprint density at radius 1 is 1.31 bits per heavy atom. The first-order chi connectivity index (χ1) is 15.0. The minimum atomic E-state index is -5.04. The number of esters is 1. The van der Waals surface area contributed by atoms with Gasteiger partial charge >= 0.3 is 12.1 Å². The van der Waals surface area contributed by atoms with Crippen LogP contribution in [0.1, 0.15) is 38.7 Å². The van der Waals surface area contributed by atoms with Crippen molar-refractivity contribution in [1.29, 1.82) is 0 Å². The number of allylic oxidation sites excluding steroid dienone is 3. The summed E-state index contributed by atoms with van der Waals surface area (Å²) >= 11 is 0. The van der Waals surface area contributed by atoms with Crippen LogP contribution in [0.25, 0.3) is 0 Å². The average Bonchev–Trinajstić information content (AvgIpc) is 2.74. The molecule has 0 amide bonds. The highest BCUT2D eigenvalue weighted by atomic mass is 19.4. The van der Waals surface area contributed by atoms with Crippen LogP contribution in [0, 0.1) is 11.3 Å². The number of aldehydes is 1. The second-order valence-electron chi connectivity index (χ2n) is 8.32. The number of carbonyl (C=O) groups is 2. The van der Waals surface area contributed by atoms with Crippen LogP contribution < -0.4 is 0 Å². The van der Waals surface area contributed by atoms with Crippen molar-refractivity contribution in [2.24, 2.45) is 11.3 Å². The van der Waals surface area contributed by atoms with Gasteiger partial charge in [0, 0.05) is 25.0 Å². The number of hydrogen-bond acceptors (Lipinski definition) is 4. The van der Waals surface area contributed by atoms with E-state index in [0.29, 0.717) is 18.3 Å². The molecule has 7 heteroatoms. The number of rotatable bonds is 9. The zero-order chi connectivity index (χ0) is 24.2. The Kier molecular flexibility index (Phi) is 7.88. The van der Waals surface area contributed by atoms with E-state index >= 15 is 0 Å². The van der Waals surface area contributed by atoms with E-state index in [0.717, 1.165) is 19.1 Å². The summed E-state index contributed by atoms with van der Waals surface area (Å²) in [5.74, 6) is -1.91. The first-order valence-corrected chi connectivity index (χ1v) is 10.3. The molecule has 1 aromatic rings. The summed E-state index contributed by atoms with van der Waals surface area (Å²) in [4.78, 5) is 24.3. The Bertz CT molecular complexity index is 890. The van der Waals surface area contributed by atoms with Crippen molar-refractivity contribution >= 4 is 12.3 Å². The largest absolute Gasteiger partial charge is 0.460 e. The predicted octanol–water partition coefficient (Wildman–Crippen LogP) is 5.70. The van der Waals surface area contributed by atoms with Gasteiger partial charge in [-0.3, -0.25) is 4.79 Å². The van der Waals surface area contributed by atoms with E-state index in [1.807, 2.05) is 13.0 Å². The molecule has 4 nitrogen and oxygen atoms in total.